The Kier molecular flexibility index (Phi) is 5.14. The minimum Gasteiger partial charge on any atom is -0.493 e. The molecule has 2 aromatic carbocycles. The highest BCUT2D eigenvalue weighted by molar-refractivity contribution is 9.10. The molecule has 25 heavy (non-hydrogen) atoms. The van der Waals surface area contributed by atoms with Gasteiger partial charge in [0.25, 0.3) is 0 Å². The number of aromatic hydroxyl groups is 1. The summed E-state index contributed by atoms with van der Waals surface area (Å²) in [4.78, 5) is 11.9. The van der Waals surface area contributed by atoms with Crippen LogP contribution in [0, 0.1) is 0 Å². The van der Waals surface area contributed by atoms with Crippen molar-refractivity contribution in [1.29, 1.82) is 0 Å². The van der Waals surface area contributed by atoms with Gasteiger partial charge in [-0.05, 0) is 37.3 Å². The molecule has 0 aliphatic heterocycles. The molecule has 1 heterocycles. The molecule has 0 aliphatic rings. The van der Waals surface area contributed by atoms with Crippen molar-refractivity contribution in [1.82, 2.24) is 4.57 Å². The molecule has 0 fully saturated rings. The van der Waals surface area contributed by atoms with E-state index in [1.165, 1.54) is 0 Å². The number of para-hydroxylation sites is 1. The fourth-order valence-electron chi connectivity index (χ4n) is 2.51. The second-order valence-corrected chi connectivity index (χ2v) is 6.19. The molecule has 0 radical (unpaired) electrons. The first-order valence-corrected chi connectivity index (χ1v) is 8.52. The lowest BCUT2D eigenvalue weighted by molar-refractivity contribution is -0.120. The minimum absolute atomic E-state index is 0.0175. The second kappa shape index (κ2) is 7.48. The van der Waals surface area contributed by atoms with Crippen LogP contribution in [0.5, 0.6) is 11.6 Å². The van der Waals surface area contributed by atoms with Crippen molar-refractivity contribution in [3.8, 4) is 11.6 Å². The van der Waals surface area contributed by atoms with E-state index in [0.29, 0.717) is 17.7 Å². The number of carbonyl (C=O) groups is 1. The van der Waals surface area contributed by atoms with Gasteiger partial charge in [-0.2, -0.15) is 0 Å². The van der Waals surface area contributed by atoms with Gasteiger partial charge in [-0.1, -0.05) is 34.1 Å². The van der Waals surface area contributed by atoms with Crippen molar-refractivity contribution >= 4 is 38.4 Å². The third kappa shape index (κ3) is 3.71. The van der Waals surface area contributed by atoms with E-state index in [1.54, 1.807) is 16.7 Å². The standard InChI is InChI=1S/C18H16BrN3O3/c1-2-22-15-9-8-12(19)10-14(15)17(18(22)24)21-20-16(23)11-25-13-6-4-3-5-7-13/h3-10,24H,2,11H2,1H3. The van der Waals surface area contributed by atoms with Crippen molar-refractivity contribution in [3.63, 3.8) is 0 Å². The fraction of sp³-hybridized carbons (Fsp3) is 0.167. The van der Waals surface area contributed by atoms with Crippen molar-refractivity contribution in [2.75, 3.05) is 6.61 Å². The SMILES string of the molecule is CCn1c(O)c(N=NC(=O)COc2ccccc2)c2cc(Br)ccc21. The van der Waals surface area contributed by atoms with E-state index < -0.39 is 5.91 Å². The number of benzene rings is 2. The van der Waals surface area contributed by atoms with Crippen LogP contribution in [0.1, 0.15) is 6.92 Å². The summed E-state index contributed by atoms with van der Waals surface area (Å²) < 4.78 is 7.90. The summed E-state index contributed by atoms with van der Waals surface area (Å²) in [5, 5.41) is 18.7. The summed E-state index contributed by atoms with van der Waals surface area (Å²) in [5.41, 5.74) is 1.09. The molecule has 3 rings (SSSR count). The summed E-state index contributed by atoms with van der Waals surface area (Å²) >= 11 is 3.40. The van der Waals surface area contributed by atoms with Crippen LogP contribution in [-0.4, -0.2) is 22.2 Å². The highest BCUT2D eigenvalue weighted by Gasteiger charge is 2.16. The number of hydrogen-bond donors (Lipinski definition) is 1. The third-order valence-corrected chi connectivity index (χ3v) is 4.15. The quantitative estimate of drug-likeness (QED) is 0.622. The second-order valence-electron chi connectivity index (χ2n) is 5.27. The number of nitrogens with zero attached hydrogens (tertiary/aromatic N) is 3. The summed E-state index contributed by atoms with van der Waals surface area (Å²) in [6.07, 6.45) is 0. The van der Waals surface area contributed by atoms with Crippen LogP contribution in [0.2, 0.25) is 0 Å². The number of azo groups is 1. The topological polar surface area (TPSA) is 76.2 Å². The maximum absolute atomic E-state index is 11.9. The Labute approximate surface area is 152 Å². The van der Waals surface area contributed by atoms with Crippen molar-refractivity contribution in [3.05, 3.63) is 53.0 Å². The molecule has 0 atom stereocenters. The Bertz CT molecular complexity index is 936. The van der Waals surface area contributed by atoms with E-state index in [-0.39, 0.29) is 18.2 Å². The third-order valence-electron chi connectivity index (χ3n) is 3.66. The van der Waals surface area contributed by atoms with Gasteiger partial charge in [0, 0.05) is 16.4 Å². The van der Waals surface area contributed by atoms with Crippen LogP contribution in [0.4, 0.5) is 5.69 Å². The van der Waals surface area contributed by atoms with Gasteiger partial charge in [0.05, 0.1) is 5.52 Å². The first-order valence-electron chi connectivity index (χ1n) is 7.73. The van der Waals surface area contributed by atoms with Gasteiger partial charge < -0.3 is 14.4 Å². The maximum atomic E-state index is 11.9. The molecule has 1 N–H and O–H groups in total. The maximum Gasteiger partial charge on any atom is 0.302 e. The molecule has 128 valence electrons. The van der Waals surface area contributed by atoms with Crippen molar-refractivity contribution in [2.24, 2.45) is 10.2 Å². The lowest BCUT2D eigenvalue weighted by Gasteiger charge is -2.01. The van der Waals surface area contributed by atoms with E-state index in [2.05, 4.69) is 26.2 Å². The zero-order chi connectivity index (χ0) is 17.8. The molecule has 0 saturated heterocycles. The summed E-state index contributed by atoms with van der Waals surface area (Å²) in [5.74, 6) is 0.0344. The van der Waals surface area contributed by atoms with Crippen LogP contribution >= 0.6 is 15.9 Å². The lowest BCUT2D eigenvalue weighted by atomic mass is 10.2. The molecule has 0 bridgehead atoms. The van der Waals surface area contributed by atoms with Gasteiger partial charge in [0.15, 0.2) is 12.3 Å². The number of amides is 1. The predicted molar refractivity (Wildman–Crippen MR) is 98.4 cm³/mol. The predicted octanol–water partition coefficient (Wildman–Crippen LogP) is 4.82. The lowest BCUT2D eigenvalue weighted by Crippen LogP contribution is -2.07. The Morgan fingerprint density at radius 2 is 2.00 bits per heavy atom. The molecule has 0 aliphatic carbocycles. The number of fused-ring (bicyclic) bond motifs is 1. The zero-order valence-electron chi connectivity index (χ0n) is 13.5. The number of carbonyl (C=O) groups excluding carboxylic acids is 1. The van der Waals surface area contributed by atoms with E-state index in [1.807, 2.05) is 43.3 Å². The number of rotatable bonds is 5. The molecule has 6 nitrogen and oxygen atoms in total. The molecule has 3 aromatic rings. The van der Waals surface area contributed by atoms with E-state index in [9.17, 15) is 9.90 Å². The number of hydrogen-bond acceptors (Lipinski definition) is 4. The van der Waals surface area contributed by atoms with E-state index in [4.69, 9.17) is 4.74 Å². The molecule has 1 aromatic heterocycles. The molecule has 0 saturated carbocycles. The summed E-state index contributed by atoms with van der Waals surface area (Å²) in [6, 6.07) is 14.6. The fourth-order valence-corrected chi connectivity index (χ4v) is 2.87. The largest absolute Gasteiger partial charge is 0.493 e. The van der Waals surface area contributed by atoms with Crippen LogP contribution in [0.15, 0.2) is 63.2 Å². The van der Waals surface area contributed by atoms with Crippen LogP contribution in [-0.2, 0) is 11.3 Å². The summed E-state index contributed by atoms with van der Waals surface area (Å²) in [7, 11) is 0. The van der Waals surface area contributed by atoms with Gasteiger partial charge >= 0.3 is 5.91 Å². The zero-order valence-corrected chi connectivity index (χ0v) is 15.1. The van der Waals surface area contributed by atoms with Gasteiger partial charge in [-0.15, -0.1) is 10.2 Å². The molecule has 0 spiro atoms. The number of ether oxygens (including phenoxy) is 1. The molecule has 7 heteroatoms. The first kappa shape index (κ1) is 17.2. The van der Waals surface area contributed by atoms with Crippen LogP contribution < -0.4 is 4.74 Å². The number of aromatic nitrogens is 1. The van der Waals surface area contributed by atoms with Crippen LogP contribution in [0.3, 0.4) is 0 Å². The van der Waals surface area contributed by atoms with Gasteiger partial charge in [-0.25, -0.2) is 0 Å². The first-order chi connectivity index (χ1) is 12.1. The highest BCUT2D eigenvalue weighted by Crippen LogP contribution is 2.39. The molecule has 0 unspecified atom stereocenters. The smallest absolute Gasteiger partial charge is 0.302 e. The Morgan fingerprint density at radius 1 is 1.24 bits per heavy atom. The Balaban J connectivity index is 1.82. The Hall–Kier alpha value is -2.67. The van der Waals surface area contributed by atoms with Gasteiger partial charge in [0.2, 0.25) is 5.88 Å². The number of aryl methyl sites for hydroxylation is 1. The van der Waals surface area contributed by atoms with E-state index in [0.717, 1.165) is 9.99 Å². The Morgan fingerprint density at radius 3 is 2.72 bits per heavy atom. The van der Waals surface area contributed by atoms with Crippen molar-refractivity contribution in [2.45, 2.75) is 13.5 Å². The normalized spacial score (nSPS) is 11.3. The molecule has 1 amide bonds. The highest BCUT2D eigenvalue weighted by atomic mass is 79.9. The average molecular weight is 402 g/mol. The molecular weight excluding hydrogens is 386 g/mol. The van der Waals surface area contributed by atoms with E-state index >= 15 is 0 Å². The van der Waals surface area contributed by atoms with Crippen LogP contribution in [0.25, 0.3) is 10.9 Å². The van der Waals surface area contributed by atoms with Gasteiger partial charge in [0.1, 0.15) is 5.75 Å². The monoisotopic (exact) mass is 401 g/mol. The summed E-state index contributed by atoms with van der Waals surface area (Å²) in [6.45, 7) is 2.27. The van der Waals surface area contributed by atoms with Gasteiger partial charge in [-0.3, -0.25) is 4.79 Å². The molecular formula is C18H16BrN3O3. The minimum atomic E-state index is -0.532. The van der Waals surface area contributed by atoms with Crippen molar-refractivity contribution < 1.29 is 14.6 Å². The number of halogens is 1. The average Bonchev–Trinajstić information content (AvgIpc) is 2.89.